The molecule has 0 radical (unpaired) electrons. The van der Waals surface area contributed by atoms with Gasteiger partial charge in [-0.3, -0.25) is 0 Å². The first-order valence-corrected chi connectivity index (χ1v) is 6.69. The molecule has 6 heteroatoms. The van der Waals surface area contributed by atoms with E-state index in [9.17, 15) is 0 Å². The average Bonchev–Trinajstić information content (AvgIpc) is 2.84. The molecule has 1 aliphatic carbocycles. The molecule has 3 rings (SSSR count). The number of fused-ring (bicyclic) bond motifs is 1. The Labute approximate surface area is 106 Å². The SMILES string of the molecule is CCn1nnc2c(NC3CCCCC3)ncnc21. The van der Waals surface area contributed by atoms with Crippen LogP contribution in [0.5, 0.6) is 0 Å². The van der Waals surface area contributed by atoms with Crippen molar-refractivity contribution in [3.05, 3.63) is 6.33 Å². The van der Waals surface area contributed by atoms with Gasteiger partial charge in [-0.2, -0.15) is 0 Å². The van der Waals surface area contributed by atoms with E-state index in [0.717, 1.165) is 23.5 Å². The first-order valence-electron chi connectivity index (χ1n) is 6.69. The minimum Gasteiger partial charge on any atom is -0.365 e. The summed E-state index contributed by atoms with van der Waals surface area (Å²) >= 11 is 0. The van der Waals surface area contributed by atoms with Gasteiger partial charge in [-0.25, -0.2) is 14.6 Å². The van der Waals surface area contributed by atoms with Gasteiger partial charge in [0.05, 0.1) is 0 Å². The molecule has 6 nitrogen and oxygen atoms in total. The molecule has 96 valence electrons. The van der Waals surface area contributed by atoms with Gasteiger partial charge >= 0.3 is 0 Å². The van der Waals surface area contributed by atoms with Crippen LogP contribution in [-0.4, -0.2) is 31.0 Å². The Morgan fingerprint density at radius 1 is 1.28 bits per heavy atom. The summed E-state index contributed by atoms with van der Waals surface area (Å²) in [5, 5.41) is 11.8. The molecule has 0 aliphatic heterocycles. The quantitative estimate of drug-likeness (QED) is 0.897. The zero-order valence-electron chi connectivity index (χ0n) is 10.6. The van der Waals surface area contributed by atoms with Crippen molar-refractivity contribution in [3.63, 3.8) is 0 Å². The van der Waals surface area contributed by atoms with E-state index in [2.05, 4.69) is 25.6 Å². The fourth-order valence-electron chi connectivity index (χ4n) is 2.55. The van der Waals surface area contributed by atoms with Gasteiger partial charge in [-0.05, 0) is 19.8 Å². The molecule has 2 aromatic heterocycles. The third-order valence-electron chi connectivity index (χ3n) is 3.55. The fraction of sp³-hybridized carbons (Fsp3) is 0.667. The molecule has 0 bridgehead atoms. The highest BCUT2D eigenvalue weighted by Gasteiger charge is 2.17. The van der Waals surface area contributed by atoms with E-state index < -0.39 is 0 Å². The summed E-state index contributed by atoms with van der Waals surface area (Å²) < 4.78 is 1.79. The molecule has 0 aromatic carbocycles. The predicted octanol–water partition coefficient (Wildman–Crippen LogP) is 1.99. The van der Waals surface area contributed by atoms with Crippen LogP contribution in [0.15, 0.2) is 6.33 Å². The summed E-state index contributed by atoms with van der Waals surface area (Å²) in [6.07, 6.45) is 7.97. The molecule has 18 heavy (non-hydrogen) atoms. The van der Waals surface area contributed by atoms with Gasteiger partial charge in [0.2, 0.25) is 0 Å². The number of nitrogens with zero attached hydrogens (tertiary/aromatic N) is 5. The van der Waals surface area contributed by atoms with E-state index in [1.54, 1.807) is 11.0 Å². The van der Waals surface area contributed by atoms with Gasteiger partial charge in [0.25, 0.3) is 0 Å². The van der Waals surface area contributed by atoms with E-state index in [1.807, 2.05) is 6.92 Å². The largest absolute Gasteiger partial charge is 0.365 e. The summed E-state index contributed by atoms with van der Waals surface area (Å²) in [5.74, 6) is 0.826. The van der Waals surface area contributed by atoms with Gasteiger partial charge in [0.15, 0.2) is 17.0 Å². The number of aryl methyl sites for hydroxylation is 1. The third kappa shape index (κ3) is 2.02. The zero-order chi connectivity index (χ0) is 12.4. The van der Waals surface area contributed by atoms with Crippen LogP contribution in [0.1, 0.15) is 39.0 Å². The average molecular weight is 246 g/mol. The van der Waals surface area contributed by atoms with Crippen molar-refractivity contribution in [1.82, 2.24) is 25.0 Å². The molecule has 0 saturated heterocycles. The summed E-state index contributed by atoms with van der Waals surface area (Å²) in [4.78, 5) is 8.56. The van der Waals surface area contributed by atoms with Crippen LogP contribution in [0.3, 0.4) is 0 Å². The van der Waals surface area contributed by atoms with Crippen LogP contribution < -0.4 is 5.32 Å². The molecular weight excluding hydrogens is 228 g/mol. The molecule has 2 heterocycles. The summed E-state index contributed by atoms with van der Waals surface area (Å²) in [5.41, 5.74) is 1.59. The van der Waals surface area contributed by atoms with Crippen LogP contribution in [0.25, 0.3) is 11.2 Å². The summed E-state index contributed by atoms with van der Waals surface area (Å²) in [7, 11) is 0. The van der Waals surface area contributed by atoms with E-state index in [1.165, 1.54) is 32.1 Å². The number of rotatable bonds is 3. The van der Waals surface area contributed by atoms with Crippen molar-refractivity contribution in [2.24, 2.45) is 0 Å². The number of anilines is 1. The number of nitrogens with one attached hydrogen (secondary N) is 1. The van der Waals surface area contributed by atoms with E-state index in [4.69, 9.17) is 0 Å². The van der Waals surface area contributed by atoms with E-state index in [-0.39, 0.29) is 0 Å². The lowest BCUT2D eigenvalue weighted by Gasteiger charge is -2.23. The Bertz CT molecular complexity index is 528. The highest BCUT2D eigenvalue weighted by atomic mass is 15.4. The molecule has 1 fully saturated rings. The molecule has 0 atom stereocenters. The van der Waals surface area contributed by atoms with Crippen molar-refractivity contribution < 1.29 is 0 Å². The molecule has 1 N–H and O–H groups in total. The Morgan fingerprint density at radius 3 is 2.89 bits per heavy atom. The van der Waals surface area contributed by atoms with Gasteiger partial charge in [0.1, 0.15) is 6.33 Å². The third-order valence-corrected chi connectivity index (χ3v) is 3.55. The fourth-order valence-corrected chi connectivity index (χ4v) is 2.55. The Morgan fingerprint density at radius 2 is 2.11 bits per heavy atom. The van der Waals surface area contributed by atoms with Crippen molar-refractivity contribution in [3.8, 4) is 0 Å². The number of hydrogen-bond acceptors (Lipinski definition) is 5. The molecular formula is C12H18N6. The second kappa shape index (κ2) is 4.88. The van der Waals surface area contributed by atoms with Gasteiger partial charge in [-0.1, -0.05) is 24.5 Å². The number of hydrogen-bond donors (Lipinski definition) is 1. The molecule has 1 aliphatic rings. The highest BCUT2D eigenvalue weighted by molar-refractivity contribution is 5.81. The first-order chi connectivity index (χ1) is 8.88. The number of aromatic nitrogens is 5. The highest BCUT2D eigenvalue weighted by Crippen LogP contribution is 2.23. The maximum Gasteiger partial charge on any atom is 0.183 e. The normalized spacial score (nSPS) is 17.2. The minimum atomic E-state index is 0.517. The summed E-state index contributed by atoms with van der Waals surface area (Å²) in [6.45, 7) is 2.81. The summed E-state index contributed by atoms with van der Waals surface area (Å²) in [6, 6.07) is 0.517. The van der Waals surface area contributed by atoms with Gasteiger partial charge < -0.3 is 5.32 Å². The smallest absolute Gasteiger partial charge is 0.183 e. The van der Waals surface area contributed by atoms with Crippen LogP contribution in [0, 0.1) is 0 Å². The molecule has 0 amide bonds. The first kappa shape index (κ1) is 11.4. The van der Waals surface area contributed by atoms with Crippen LogP contribution in [0.4, 0.5) is 5.82 Å². The van der Waals surface area contributed by atoms with E-state index in [0.29, 0.717) is 6.04 Å². The van der Waals surface area contributed by atoms with Crippen molar-refractivity contribution in [2.75, 3.05) is 5.32 Å². The Hall–Kier alpha value is -1.72. The topological polar surface area (TPSA) is 68.5 Å². The zero-order valence-corrected chi connectivity index (χ0v) is 10.6. The van der Waals surface area contributed by atoms with Crippen LogP contribution in [-0.2, 0) is 6.54 Å². The maximum atomic E-state index is 4.31. The molecule has 0 spiro atoms. The lowest BCUT2D eigenvalue weighted by atomic mass is 9.95. The predicted molar refractivity (Wildman–Crippen MR) is 69.3 cm³/mol. The lowest BCUT2D eigenvalue weighted by molar-refractivity contribution is 0.462. The Balaban J connectivity index is 1.89. The second-order valence-corrected chi connectivity index (χ2v) is 4.78. The lowest BCUT2D eigenvalue weighted by Crippen LogP contribution is -2.23. The van der Waals surface area contributed by atoms with Crippen molar-refractivity contribution >= 4 is 17.0 Å². The van der Waals surface area contributed by atoms with E-state index >= 15 is 0 Å². The standard InChI is InChI=1S/C12H18N6/c1-2-18-12-10(16-17-18)11(13-8-14-12)15-9-6-4-3-5-7-9/h8-9H,2-7H2,1H3,(H,13,14,15). The molecule has 2 aromatic rings. The van der Waals surface area contributed by atoms with Crippen molar-refractivity contribution in [1.29, 1.82) is 0 Å². The van der Waals surface area contributed by atoms with Crippen LogP contribution >= 0.6 is 0 Å². The maximum absolute atomic E-state index is 4.31. The second-order valence-electron chi connectivity index (χ2n) is 4.78. The molecule has 0 unspecified atom stereocenters. The van der Waals surface area contributed by atoms with Crippen molar-refractivity contribution in [2.45, 2.75) is 51.6 Å². The Kier molecular flexibility index (Phi) is 3.08. The monoisotopic (exact) mass is 246 g/mol. The van der Waals surface area contributed by atoms with Gasteiger partial charge in [0, 0.05) is 12.6 Å². The minimum absolute atomic E-state index is 0.517. The van der Waals surface area contributed by atoms with Gasteiger partial charge in [-0.15, -0.1) is 5.10 Å². The molecule has 1 saturated carbocycles. The van der Waals surface area contributed by atoms with Crippen LogP contribution in [0.2, 0.25) is 0 Å².